The smallest absolute Gasteiger partial charge is 0.231 e. The average molecular weight is 303 g/mol. The highest BCUT2D eigenvalue weighted by Gasteiger charge is 2.13. The van der Waals surface area contributed by atoms with Gasteiger partial charge in [-0.05, 0) is 24.6 Å². The number of fused-ring (bicyclic) bond motifs is 1. The first-order chi connectivity index (χ1) is 10.7. The number of rotatable bonds is 6. The van der Waals surface area contributed by atoms with Gasteiger partial charge in [0.05, 0.1) is 0 Å². The molecule has 0 fully saturated rings. The van der Waals surface area contributed by atoms with Crippen LogP contribution >= 0.6 is 0 Å². The highest BCUT2D eigenvalue weighted by molar-refractivity contribution is 5.76. The molecule has 22 heavy (non-hydrogen) atoms. The molecule has 0 atom stereocenters. The van der Waals surface area contributed by atoms with E-state index in [-0.39, 0.29) is 12.7 Å². The summed E-state index contributed by atoms with van der Waals surface area (Å²) in [6.07, 6.45) is 0.358. The van der Waals surface area contributed by atoms with Gasteiger partial charge in [0.25, 0.3) is 0 Å². The summed E-state index contributed by atoms with van der Waals surface area (Å²) < 4.78 is 15.5. The summed E-state index contributed by atoms with van der Waals surface area (Å²) in [7, 11) is 0. The Kier molecular flexibility index (Phi) is 4.13. The molecule has 0 bridgehead atoms. The molecule has 2 N–H and O–H groups in total. The third-order valence-electron chi connectivity index (χ3n) is 3.21. The highest BCUT2D eigenvalue weighted by atomic mass is 16.7. The molecule has 0 radical (unpaired) electrons. The van der Waals surface area contributed by atoms with Crippen molar-refractivity contribution in [3.63, 3.8) is 0 Å². The molecule has 7 heteroatoms. The largest absolute Gasteiger partial charge is 0.454 e. The van der Waals surface area contributed by atoms with Crippen LogP contribution in [0, 0.1) is 6.92 Å². The monoisotopic (exact) mass is 303 g/mol. The molecule has 2 aromatic rings. The summed E-state index contributed by atoms with van der Waals surface area (Å²) in [4.78, 5) is 11.8. The molecule has 116 valence electrons. The van der Waals surface area contributed by atoms with E-state index in [9.17, 15) is 4.79 Å². The predicted molar refractivity (Wildman–Crippen MR) is 78.8 cm³/mol. The number of hydrogen-bond acceptors (Lipinski definition) is 6. The molecule has 1 aromatic heterocycles. The molecule has 3 rings (SSSR count). The van der Waals surface area contributed by atoms with Crippen LogP contribution in [0.5, 0.6) is 11.5 Å². The van der Waals surface area contributed by atoms with Crippen LogP contribution in [-0.4, -0.2) is 24.4 Å². The Hall–Kier alpha value is -2.70. The maximum atomic E-state index is 11.8. The Morgan fingerprint density at radius 1 is 1.27 bits per heavy atom. The number of carbonyl (C=O) groups excluding carboxylic acids is 1. The summed E-state index contributed by atoms with van der Waals surface area (Å²) in [5.74, 6) is 2.79. The standard InChI is InChI=1S/C15H17N3O4/c1-10-6-14(18-22-10)16-5-4-15(19)17-8-11-2-3-12-13(7-11)21-9-20-12/h2-3,6-7H,4-5,8-9H2,1H3,(H,16,18)(H,17,19). The van der Waals surface area contributed by atoms with Crippen molar-refractivity contribution < 1.29 is 18.8 Å². The van der Waals surface area contributed by atoms with Crippen molar-refractivity contribution in [1.29, 1.82) is 0 Å². The lowest BCUT2D eigenvalue weighted by Crippen LogP contribution is -2.24. The van der Waals surface area contributed by atoms with Crippen molar-refractivity contribution in [3.05, 3.63) is 35.6 Å². The Balaban J connectivity index is 1.40. The Morgan fingerprint density at radius 2 is 2.14 bits per heavy atom. The van der Waals surface area contributed by atoms with Crippen LogP contribution in [0.4, 0.5) is 5.82 Å². The lowest BCUT2D eigenvalue weighted by molar-refractivity contribution is -0.121. The molecule has 7 nitrogen and oxygen atoms in total. The average Bonchev–Trinajstić information content (AvgIpc) is 3.13. The zero-order chi connectivity index (χ0) is 15.4. The van der Waals surface area contributed by atoms with Crippen molar-refractivity contribution in [1.82, 2.24) is 10.5 Å². The minimum Gasteiger partial charge on any atom is -0.454 e. The Morgan fingerprint density at radius 3 is 2.95 bits per heavy atom. The first-order valence-electron chi connectivity index (χ1n) is 7.03. The fraction of sp³-hybridized carbons (Fsp3) is 0.333. The maximum Gasteiger partial charge on any atom is 0.231 e. The molecule has 1 amide bonds. The second-order valence-corrected chi connectivity index (χ2v) is 4.96. The fourth-order valence-electron chi connectivity index (χ4n) is 2.09. The number of carbonyl (C=O) groups is 1. The summed E-state index contributed by atoms with van der Waals surface area (Å²) in [5, 5.41) is 9.68. The van der Waals surface area contributed by atoms with Crippen molar-refractivity contribution in [2.75, 3.05) is 18.7 Å². The van der Waals surface area contributed by atoms with Crippen LogP contribution in [0.3, 0.4) is 0 Å². The van der Waals surface area contributed by atoms with Crippen LogP contribution in [0.25, 0.3) is 0 Å². The molecule has 0 aliphatic carbocycles. The Labute approximate surface area is 127 Å². The van der Waals surface area contributed by atoms with Gasteiger partial charge in [0, 0.05) is 25.6 Å². The number of aromatic nitrogens is 1. The molecule has 0 unspecified atom stereocenters. The number of nitrogens with one attached hydrogen (secondary N) is 2. The number of amides is 1. The van der Waals surface area contributed by atoms with Gasteiger partial charge in [0.15, 0.2) is 17.3 Å². The van der Waals surface area contributed by atoms with E-state index >= 15 is 0 Å². The summed E-state index contributed by atoms with van der Waals surface area (Å²) >= 11 is 0. The second-order valence-electron chi connectivity index (χ2n) is 4.96. The van der Waals surface area contributed by atoms with E-state index in [4.69, 9.17) is 14.0 Å². The number of nitrogens with zero attached hydrogens (tertiary/aromatic N) is 1. The number of anilines is 1. The predicted octanol–water partition coefficient (Wildman–Crippen LogP) is 1.83. The molecule has 0 saturated carbocycles. The van der Waals surface area contributed by atoms with Gasteiger partial charge in [-0.3, -0.25) is 4.79 Å². The zero-order valence-corrected chi connectivity index (χ0v) is 12.2. The van der Waals surface area contributed by atoms with Crippen LogP contribution in [0.2, 0.25) is 0 Å². The molecule has 1 aliphatic rings. The normalized spacial score (nSPS) is 12.2. The van der Waals surface area contributed by atoms with Gasteiger partial charge in [0.1, 0.15) is 5.76 Å². The molecule has 0 saturated heterocycles. The van der Waals surface area contributed by atoms with Gasteiger partial charge in [-0.25, -0.2) is 0 Å². The van der Waals surface area contributed by atoms with Crippen LogP contribution in [0.1, 0.15) is 17.7 Å². The third-order valence-corrected chi connectivity index (χ3v) is 3.21. The van der Waals surface area contributed by atoms with E-state index in [0.29, 0.717) is 25.3 Å². The summed E-state index contributed by atoms with van der Waals surface area (Å²) in [6, 6.07) is 7.41. The second kappa shape index (κ2) is 6.38. The molecule has 2 heterocycles. The van der Waals surface area contributed by atoms with E-state index in [2.05, 4.69) is 15.8 Å². The number of ether oxygens (including phenoxy) is 2. The van der Waals surface area contributed by atoms with E-state index in [0.717, 1.165) is 22.8 Å². The van der Waals surface area contributed by atoms with Crippen molar-refractivity contribution in [3.8, 4) is 11.5 Å². The van der Waals surface area contributed by atoms with Gasteiger partial charge in [0.2, 0.25) is 12.7 Å². The van der Waals surface area contributed by atoms with Crippen molar-refractivity contribution in [2.24, 2.45) is 0 Å². The van der Waals surface area contributed by atoms with Gasteiger partial charge >= 0.3 is 0 Å². The van der Waals surface area contributed by atoms with Crippen LogP contribution in [0.15, 0.2) is 28.8 Å². The highest BCUT2D eigenvalue weighted by Crippen LogP contribution is 2.32. The van der Waals surface area contributed by atoms with Gasteiger partial charge in [-0.2, -0.15) is 0 Å². The van der Waals surface area contributed by atoms with Crippen molar-refractivity contribution in [2.45, 2.75) is 19.9 Å². The third kappa shape index (κ3) is 3.49. The SMILES string of the molecule is Cc1cc(NCCC(=O)NCc2ccc3c(c2)OCO3)no1. The topological polar surface area (TPSA) is 85.6 Å². The molecular formula is C15H17N3O4. The van der Waals surface area contributed by atoms with E-state index in [1.807, 2.05) is 25.1 Å². The van der Waals surface area contributed by atoms with E-state index < -0.39 is 0 Å². The number of benzene rings is 1. The van der Waals surface area contributed by atoms with Crippen LogP contribution in [-0.2, 0) is 11.3 Å². The molecule has 0 spiro atoms. The van der Waals surface area contributed by atoms with Crippen LogP contribution < -0.4 is 20.1 Å². The van der Waals surface area contributed by atoms with Crippen molar-refractivity contribution >= 4 is 11.7 Å². The van der Waals surface area contributed by atoms with E-state index in [1.165, 1.54) is 0 Å². The minimum absolute atomic E-state index is 0.0367. The molecular weight excluding hydrogens is 286 g/mol. The fourth-order valence-corrected chi connectivity index (χ4v) is 2.09. The summed E-state index contributed by atoms with van der Waals surface area (Å²) in [5.41, 5.74) is 0.970. The zero-order valence-electron chi connectivity index (χ0n) is 12.2. The lowest BCUT2D eigenvalue weighted by Gasteiger charge is -2.06. The van der Waals surface area contributed by atoms with E-state index in [1.54, 1.807) is 6.07 Å². The Bertz CT molecular complexity index is 669. The van der Waals surface area contributed by atoms with Gasteiger partial charge in [-0.1, -0.05) is 11.2 Å². The molecule has 1 aliphatic heterocycles. The van der Waals surface area contributed by atoms with Gasteiger partial charge < -0.3 is 24.6 Å². The maximum absolute atomic E-state index is 11.8. The first-order valence-corrected chi connectivity index (χ1v) is 7.03. The number of hydrogen-bond donors (Lipinski definition) is 2. The quantitative estimate of drug-likeness (QED) is 0.847. The first kappa shape index (κ1) is 14.2. The van der Waals surface area contributed by atoms with Gasteiger partial charge in [-0.15, -0.1) is 0 Å². The number of aryl methyl sites for hydroxylation is 1. The lowest BCUT2D eigenvalue weighted by atomic mass is 10.2. The molecule has 1 aromatic carbocycles. The minimum atomic E-state index is -0.0367. The summed E-state index contributed by atoms with van der Waals surface area (Å²) in [6.45, 7) is 3.02.